The summed E-state index contributed by atoms with van der Waals surface area (Å²) < 4.78 is 30.1. The molecule has 0 saturated heterocycles. The smallest absolute Gasteiger partial charge is 0.360 e. The van der Waals surface area contributed by atoms with Crippen LogP contribution in [0.1, 0.15) is 55.2 Å². The van der Waals surface area contributed by atoms with Crippen molar-refractivity contribution in [2.24, 2.45) is 0 Å². The maximum absolute atomic E-state index is 11.9. The number of hydrogen-bond donors (Lipinski definition) is 0. The van der Waals surface area contributed by atoms with Crippen LogP contribution in [0.15, 0.2) is 0 Å². The first-order valence-electron chi connectivity index (χ1n) is 7.29. The summed E-state index contributed by atoms with van der Waals surface area (Å²) in [7, 11) is -3.08. The maximum Gasteiger partial charge on any atom is 0.360 e. The Morgan fingerprint density at radius 1 is 1.33 bits per heavy atom. The lowest BCUT2D eigenvalue weighted by Gasteiger charge is -2.07. The molecule has 0 bridgehead atoms. The molecule has 1 aromatic heterocycles. The minimum Gasteiger partial charge on any atom is -0.461 e. The van der Waals surface area contributed by atoms with Gasteiger partial charge in [-0.3, -0.25) is 0 Å². The van der Waals surface area contributed by atoms with Gasteiger partial charge in [-0.05, 0) is 26.2 Å². The van der Waals surface area contributed by atoms with Crippen molar-refractivity contribution in [3.63, 3.8) is 0 Å². The lowest BCUT2D eigenvalue weighted by molar-refractivity contribution is 0.0518. The summed E-state index contributed by atoms with van der Waals surface area (Å²) in [5, 5.41) is 7.83. The zero-order chi connectivity index (χ0) is 15.5. The summed E-state index contributed by atoms with van der Waals surface area (Å²) in [5.41, 5.74) is 0.951. The van der Waals surface area contributed by atoms with E-state index in [4.69, 9.17) is 4.74 Å². The van der Waals surface area contributed by atoms with Crippen molar-refractivity contribution < 1.29 is 17.9 Å². The van der Waals surface area contributed by atoms with Gasteiger partial charge in [0.1, 0.15) is 0 Å². The molecule has 0 N–H and O–H groups in total. The highest BCUT2D eigenvalue weighted by Crippen LogP contribution is 2.41. The number of esters is 1. The molecule has 21 heavy (non-hydrogen) atoms. The molecule has 0 spiro atoms. The van der Waals surface area contributed by atoms with E-state index in [1.807, 2.05) is 6.92 Å². The monoisotopic (exact) mass is 315 g/mol. The van der Waals surface area contributed by atoms with Crippen molar-refractivity contribution in [1.82, 2.24) is 15.0 Å². The Labute approximate surface area is 124 Å². The van der Waals surface area contributed by atoms with Crippen LogP contribution in [-0.2, 0) is 21.1 Å². The Bertz CT molecular complexity index is 605. The molecule has 0 amide bonds. The predicted octanol–water partition coefficient (Wildman–Crippen LogP) is 1.16. The highest BCUT2D eigenvalue weighted by Gasteiger charge is 2.34. The summed E-state index contributed by atoms with van der Waals surface area (Å²) in [4.78, 5) is 11.9. The fourth-order valence-corrected chi connectivity index (χ4v) is 3.51. The molecular formula is C13H21N3O4S. The first kappa shape index (κ1) is 15.9. The maximum atomic E-state index is 11.9. The number of carbonyl (C=O) groups is 1. The molecule has 0 atom stereocenters. The van der Waals surface area contributed by atoms with Gasteiger partial charge in [-0.15, -0.1) is 5.10 Å². The summed E-state index contributed by atoms with van der Waals surface area (Å²) in [6.45, 7) is 4.08. The van der Waals surface area contributed by atoms with Crippen molar-refractivity contribution in [3.05, 3.63) is 11.4 Å². The third-order valence-electron chi connectivity index (χ3n) is 3.34. The van der Waals surface area contributed by atoms with Gasteiger partial charge in [0, 0.05) is 11.7 Å². The van der Waals surface area contributed by atoms with Crippen LogP contribution in [0.4, 0.5) is 0 Å². The normalized spacial score (nSPS) is 15.1. The van der Waals surface area contributed by atoms with Gasteiger partial charge in [-0.2, -0.15) is 0 Å². The summed E-state index contributed by atoms with van der Waals surface area (Å²) >= 11 is 0. The second-order valence-corrected chi connectivity index (χ2v) is 7.50. The first-order chi connectivity index (χ1) is 9.98. The molecule has 1 aromatic rings. The van der Waals surface area contributed by atoms with Gasteiger partial charge in [0.15, 0.2) is 15.5 Å². The lowest BCUT2D eigenvalue weighted by Crippen LogP contribution is -2.18. The number of carbonyl (C=O) groups excluding carboxylic acids is 1. The Kier molecular flexibility index (Phi) is 4.97. The molecular weight excluding hydrogens is 294 g/mol. The van der Waals surface area contributed by atoms with Gasteiger partial charge in [-0.1, -0.05) is 12.1 Å². The van der Waals surface area contributed by atoms with E-state index in [0.717, 1.165) is 18.5 Å². The van der Waals surface area contributed by atoms with Crippen molar-refractivity contribution in [3.8, 4) is 0 Å². The zero-order valence-corrected chi connectivity index (χ0v) is 13.2. The first-order valence-corrected chi connectivity index (χ1v) is 9.11. The average Bonchev–Trinajstić information content (AvgIpc) is 3.16. The van der Waals surface area contributed by atoms with Crippen LogP contribution in [0.25, 0.3) is 0 Å². The fraction of sp³-hybridized carbons (Fsp3) is 0.769. The highest BCUT2D eigenvalue weighted by atomic mass is 32.2. The molecule has 0 aromatic carbocycles. The van der Waals surface area contributed by atoms with Gasteiger partial charge in [0.25, 0.3) is 0 Å². The van der Waals surface area contributed by atoms with E-state index in [2.05, 4.69) is 10.3 Å². The topological polar surface area (TPSA) is 91.1 Å². The van der Waals surface area contributed by atoms with E-state index >= 15 is 0 Å². The van der Waals surface area contributed by atoms with E-state index in [1.165, 1.54) is 0 Å². The van der Waals surface area contributed by atoms with Gasteiger partial charge >= 0.3 is 5.97 Å². The molecule has 2 rings (SSSR count). The summed E-state index contributed by atoms with van der Waals surface area (Å²) in [6, 6.07) is 0. The lowest BCUT2D eigenvalue weighted by atomic mass is 10.2. The molecule has 0 radical (unpaired) electrons. The number of ether oxygens (including phenoxy) is 1. The number of sulfone groups is 1. The Morgan fingerprint density at radius 3 is 2.62 bits per heavy atom. The quantitative estimate of drug-likeness (QED) is 0.668. The Balaban J connectivity index is 2.15. The molecule has 1 aliphatic carbocycles. The van der Waals surface area contributed by atoms with Crippen LogP contribution in [-0.4, -0.2) is 47.5 Å². The van der Waals surface area contributed by atoms with E-state index < -0.39 is 15.8 Å². The van der Waals surface area contributed by atoms with Crippen molar-refractivity contribution >= 4 is 15.8 Å². The van der Waals surface area contributed by atoms with Crippen molar-refractivity contribution in [1.29, 1.82) is 0 Å². The third-order valence-corrected chi connectivity index (χ3v) is 5.17. The molecule has 1 heterocycles. The number of rotatable bonds is 8. The van der Waals surface area contributed by atoms with E-state index in [1.54, 1.807) is 11.6 Å². The van der Waals surface area contributed by atoms with E-state index in [9.17, 15) is 13.2 Å². The Hall–Kier alpha value is -1.44. The van der Waals surface area contributed by atoms with Gasteiger partial charge in [-0.25, -0.2) is 17.9 Å². The van der Waals surface area contributed by atoms with Crippen LogP contribution in [0.2, 0.25) is 0 Å². The molecule has 0 unspecified atom stereocenters. The van der Waals surface area contributed by atoms with Crippen LogP contribution < -0.4 is 0 Å². The molecule has 7 nitrogen and oxygen atoms in total. The van der Waals surface area contributed by atoms with Gasteiger partial charge in [0.05, 0.1) is 24.6 Å². The second-order valence-electron chi connectivity index (χ2n) is 5.19. The molecule has 1 saturated carbocycles. The number of aryl methyl sites for hydroxylation is 1. The molecule has 118 valence electrons. The minimum atomic E-state index is -3.08. The standard InChI is InChI=1S/C13H21N3O4S/c1-3-8-21(18,19)9-7-16-12(10-5-6-10)11(14-15-16)13(17)20-4-2/h10H,3-9H2,1-2H3. The van der Waals surface area contributed by atoms with Gasteiger partial charge < -0.3 is 4.74 Å². The van der Waals surface area contributed by atoms with Crippen LogP contribution in [0.5, 0.6) is 0 Å². The number of hydrogen-bond acceptors (Lipinski definition) is 6. The van der Waals surface area contributed by atoms with E-state index in [-0.39, 0.29) is 36.3 Å². The number of nitrogens with zero attached hydrogens (tertiary/aromatic N) is 3. The summed E-state index contributed by atoms with van der Waals surface area (Å²) in [6.07, 6.45) is 2.55. The molecule has 1 aliphatic rings. The number of aromatic nitrogens is 3. The minimum absolute atomic E-state index is 0.0200. The SMILES string of the molecule is CCCS(=O)(=O)CCn1nnc(C(=O)OCC)c1C1CC1. The third kappa shape index (κ3) is 4.03. The zero-order valence-electron chi connectivity index (χ0n) is 12.4. The molecule has 0 aliphatic heterocycles. The molecule has 8 heteroatoms. The Morgan fingerprint density at radius 2 is 2.05 bits per heavy atom. The van der Waals surface area contributed by atoms with Gasteiger partial charge in [0.2, 0.25) is 0 Å². The van der Waals surface area contributed by atoms with Crippen LogP contribution in [0, 0.1) is 0 Å². The molecule has 1 fully saturated rings. The van der Waals surface area contributed by atoms with E-state index in [0.29, 0.717) is 6.42 Å². The second kappa shape index (κ2) is 6.55. The largest absolute Gasteiger partial charge is 0.461 e. The van der Waals surface area contributed by atoms with Crippen LogP contribution in [0.3, 0.4) is 0 Å². The fourth-order valence-electron chi connectivity index (χ4n) is 2.23. The summed E-state index contributed by atoms with van der Waals surface area (Å²) in [5.74, 6) is -0.0486. The van der Waals surface area contributed by atoms with Crippen LogP contribution >= 0.6 is 0 Å². The highest BCUT2D eigenvalue weighted by molar-refractivity contribution is 7.91. The average molecular weight is 315 g/mol. The van der Waals surface area contributed by atoms with Crippen molar-refractivity contribution in [2.45, 2.75) is 45.6 Å². The van der Waals surface area contributed by atoms with Crippen molar-refractivity contribution in [2.75, 3.05) is 18.1 Å². The predicted molar refractivity (Wildman–Crippen MR) is 76.9 cm³/mol.